The van der Waals surface area contributed by atoms with E-state index in [1.165, 1.54) is 0 Å². The molecule has 1 aromatic carbocycles. The van der Waals surface area contributed by atoms with Gasteiger partial charge in [0.2, 0.25) is 11.8 Å². The average Bonchev–Trinajstić information content (AvgIpc) is 3.18. The number of aryl methyl sites for hydroxylation is 1. The first kappa shape index (κ1) is 29.3. The third-order valence-corrected chi connectivity index (χ3v) is 8.47. The smallest absolute Gasteiger partial charge is 0.410 e. The lowest BCUT2D eigenvalue weighted by Crippen LogP contribution is -2.44. The molecule has 4 heterocycles. The summed E-state index contributed by atoms with van der Waals surface area (Å²) in [6, 6.07) is 5.17. The fourth-order valence-corrected chi connectivity index (χ4v) is 6.23. The molecule has 0 spiro atoms. The first-order valence-electron chi connectivity index (χ1n) is 14.8. The maximum absolute atomic E-state index is 13.2. The number of likely N-dealkylation sites (tertiary alicyclic amines) is 2. The summed E-state index contributed by atoms with van der Waals surface area (Å²) in [6.45, 7) is 10.3. The third-order valence-electron chi connectivity index (χ3n) is 8.47. The summed E-state index contributed by atoms with van der Waals surface area (Å²) < 4.78 is 15.0. The van der Waals surface area contributed by atoms with Crippen LogP contribution in [0.5, 0.6) is 0 Å². The summed E-state index contributed by atoms with van der Waals surface area (Å²) in [5, 5.41) is 2.37. The quantitative estimate of drug-likeness (QED) is 0.532. The van der Waals surface area contributed by atoms with Gasteiger partial charge in [-0.05, 0) is 70.4 Å². The minimum atomic E-state index is -0.684. The van der Waals surface area contributed by atoms with E-state index in [0.717, 1.165) is 62.0 Å². The molecule has 11 nitrogen and oxygen atoms in total. The molecule has 0 saturated carbocycles. The molecule has 0 bridgehead atoms. The van der Waals surface area contributed by atoms with E-state index in [1.807, 2.05) is 39.0 Å². The van der Waals surface area contributed by atoms with Crippen LogP contribution < -0.4 is 11.0 Å². The maximum atomic E-state index is 13.2. The highest BCUT2D eigenvalue weighted by molar-refractivity contribution is 6.00. The largest absolute Gasteiger partial charge is 0.444 e. The van der Waals surface area contributed by atoms with Crippen LogP contribution in [0.1, 0.15) is 70.9 Å². The van der Waals surface area contributed by atoms with Gasteiger partial charge in [-0.15, -0.1) is 0 Å². The van der Waals surface area contributed by atoms with Crippen LogP contribution in [0.4, 0.5) is 4.79 Å². The van der Waals surface area contributed by atoms with E-state index < -0.39 is 17.6 Å². The topological polar surface area (TPSA) is 115 Å². The summed E-state index contributed by atoms with van der Waals surface area (Å²) in [4.78, 5) is 53.9. The molecule has 0 radical (unpaired) electrons. The second-order valence-electron chi connectivity index (χ2n) is 12.7. The molecule has 0 aliphatic carbocycles. The molecular formula is C30H43N5O6. The normalized spacial score (nSPS) is 21.9. The van der Waals surface area contributed by atoms with Gasteiger partial charge in [-0.25, -0.2) is 9.59 Å². The van der Waals surface area contributed by atoms with Gasteiger partial charge < -0.3 is 14.4 Å². The van der Waals surface area contributed by atoms with Gasteiger partial charge >= 0.3 is 11.8 Å². The molecule has 3 fully saturated rings. The highest BCUT2D eigenvalue weighted by atomic mass is 16.6. The Bertz CT molecular complexity index is 1340. The lowest BCUT2D eigenvalue weighted by molar-refractivity contribution is -0.135. The summed E-state index contributed by atoms with van der Waals surface area (Å²) in [7, 11) is 1.74. The van der Waals surface area contributed by atoms with Gasteiger partial charge in [-0.2, -0.15) is 0 Å². The van der Waals surface area contributed by atoms with Crippen LogP contribution in [0, 0.1) is 5.92 Å². The summed E-state index contributed by atoms with van der Waals surface area (Å²) >= 11 is 0. The van der Waals surface area contributed by atoms with Crippen molar-refractivity contribution in [2.45, 2.75) is 83.6 Å². The van der Waals surface area contributed by atoms with Gasteiger partial charge in [0.05, 0.1) is 17.1 Å². The molecule has 1 atom stereocenters. The molecule has 3 saturated heterocycles. The van der Waals surface area contributed by atoms with Gasteiger partial charge in [0.25, 0.3) is 0 Å². The molecule has 3 amide bonds. The number of para-hydroxylation sites is 1. The van der Waals surface area contributed by atoms with Crippen LogP contribution in [0.2, 0.25) is 0 Å². The molecule has 3 aliphatic rings. The zero-order valence-electron chi connectivity index (χ0n) is 24.7. The van der Waals surface area contributed by atoms with Gasteiger partial charge in [0.1, 0.15) is 11.6 Å². The van der Waals surface area contributed by atoms with Crippen LogP contribution >= 0.6 is 0 Å². The number of piperidine rings is 3. The number of fused-ring (bicyclic) bond motifs is 1. The van der Waals surface area contributed by atoms with Crippen molar-refractivity contribution in [3.63, 3.8) is 0 Å². The molecule has 1 N–H and O–H groups in total. The number of ether oxygens (including phenoxy) is 2. The average molecular weight is 570 g/mol. The number of carbonyl (C=O) groups is 3. The van der Waals surface area contributed by atoms with Gasteiger partial charge in [0.15, 0.2) is 0 Å². The number of rotatable bonds is 6. The number of benzene rings is 1. The third kappa shape index (κ3) is 6.67. The number of nitrogens with zero attached hydrogens (tertiary/aromatic N) is 4. The van der Waals surface area contributed by atoms with E-state index in [0.29, 0.717) is 32.0 Å². The number of nitrogens with one attached hydrogen (secondary N) is 1. The van der Waals surface area contributed by atoms with Crippen molar-refractivity contribution in [1.29, 1.82) is 0 Å². The summed E-state index contributed by atoms with van der Waals surface area (Å²) in [5.74, 6) is -0.257. The number of imide groups is 1. The number of hydrogen-bond donors (Lipinski definition) is 1. The zero-order valence-corrected chi connectivity index (χ0v) is 24.7. The Morgan fingerprint density at radius 2 is 1.71 bits per heavy atom. The zero-order chi connectivity index (χ0) is 29.3. The number of hydrogen-bond acceptors (Lipinski definition) is 7. The van der Waals surface area contributed by atoms with E-state index in [4.69, 9.17) is 9.47 Å². The van der Waals surface area contributed by atoms with Gasteiger partial charge in [0, 0.05) is 52.8 Å². The van der Waals surface area contributed by atoms with E-state index >= 15 is 0 Å². The van der Waals surface area contributed by atoms with Crippen LogP contribution in [-0.2, 0) is 32.7 Å². The predicted molar refractivity (Wildman–Crippen MR) is 153 cm³/mol. The Kier molecular flexibility index (Phi) is 8.56. The number of amides is 3. The van der Waals surface area contributed by atoms with Gasteiger partial charge in [-0.1, -0.05) is 12.1 Å². The monoisotopic (exact) mass is 569 g/mol. The Hall–Kier alpha value is -3.18. The van der Waals surface area contributed by atoms with Crippen molar-refractivity contribution < 1.29 is 23.9 Å². The number of aromatic nitrogens is 2. The first-order valence-corrected chi connectivity index (χ1v) is 14.8. The standard InChI is InChI=1S/C30H43N5O6/c1-30(2,3)41-29(39)34-16-10-20(11-17-34)19-40-22-12-14-33(15-13-22)18-21-6-5-7-23-26(21)32(4)28(38)35(23)24-8-9-25(36)31-27(24)37/h5-7,20,22,24H,8-19H2,1-4H3,(H,31,36,37). The Labute approximate surface area is 240 Å². The van der Waals surface area contributed by atoms with Crippen molar-refractivity contribution in [1.82, 2.24) is 24.3 Å². The van der Waals surface area contributed by atoms with E-state index in [-0.39, 0.29) is 30.2 Å². The molecule has 3 aliphatic heterocycles. The second-order valence-corrected chi connectivity index (χ2v) is 12.7. The SMILES string of the molecule is Cn1c(=O)n(C2CCC(=O)NC2=O)c2cccc(CN3CCC(OCC4CCN(C(=O)OC(C)(C)C)CC4)CC3)c21. The highest BCUT2D eigenvalue weighted by Crippen LogP contribution is 2.27. The lowest BCUT2D eigenvalue weighted by atomic mass is 9.97. The second kappa shape index (κ2) is 12.0. The lowest BCUT2D eigenvalue weighted by Gasteiger charge is -2.35. The molecular weight excluding hydrogens is 526 g/mol. The summed E-state index contributed by atoms with van der Waals surface area (Å²) in [6.07, 6.45) is 4.30. The molecule has 1 aromatic heterocycles. The van der Waals surface area contributed by atoms with E-state index in [9.17, 15) is 19.2 Å². The molecule has 5 rings (SSSR count). The molecule has 11 heteroatoms. The van der Waals surface area contributed by atoms with Crippen LogP contribution in [0.3, 0.4) is 0 Å². The van der Waals surface area contributed by atoms with E-state index in [1.54, 1.807) is 21.1 Å². The van der Waals surface area contributed by atoms with Crippen LogP contribution in [0.15, 0.2) is 23.0 Å². The van der Waals surface area contributed by atoms with Crippen molar-refractivity contribution in [2.24, 2.45) is 13.0 Å². The minimum absolute atomic E-state index is 0.223. The highest BCUT2D eigenvalue weighted by Gasteiger charge is 2.32. The minimum Gasteiger partial charge on any atom is -0.444 e. The number of carbonyl (C=O) groups excluding carboxylic acids is 3. The molecule has 224 valence electrons. The first-order chi connectivity index (χ1) is 19.5. The van der Waals surface area contributed by atoms with E-state index in [2.05, 4.69) is 10.2 Å². The fourth-order valence-electron chi connectivity index (χ4n) is 6.23. The van der Waals surface area contributed by atoms with Crippen molar-refractivity contribution in [3.8, 4) is 0 Å². The van der Waals surface area contributed by atoms with Crippen LogP contribution in [-0.4, -0.2) is 81.3 Å². The molecule has 2 aromatic rings. The van der Waals surface area contributed by atoms with Gasteiger partial charge in [-0.3, -0.25) is 28.9 Å². The number of imidazole rings is 1. The Morgan fingerprint density at radius 3 is 2.37 bits per heavy atom. The molecule has 1 unspecified atom stereocenters. The molecule has 41 heavy (non-hydrogen) atoms. The Balaban J connectivity index is 1.13. The fraction of sp³-hybridized carbons (Fsp3) is 0.667. The predicted octanol–water partition coefficient (Wildman–Crippen LogP) is 2.95. The summed E-state index contributed by atoms with van der Waals surface area (Å²) in [5.41, 5.74) is 1.88. The Morgan fingerprint density at radius 1 is 1.00 bits per heavy atom. The van der Waals surface area contributed by atoms with Crippen molar-refractivity contribution >= 4 is 28.9 Å². The van der Waals surface area contributed by atoms with Crippen molar-refractivity contribution in [2.75, 3.05) is 32.8 Å². The van der Waals surface area contributed by atoms with Crippen molar-refractivity contribution in [3.05, 3.63) is 34.2 Å². The maximum Gasteiger partial charge on any atom is 0.410 e. The van der Waals surface area contributed by atoms with Crippen LogP contribution in [0.25, 0.3) is 11.0 Å².